The first-order valence-electron chi connectivity index (χ1n) is 6.69. The Kier molecular flexibility index (Phi) is 4.45. The van der Waals surface area contributed by atoms with Crippen LogP contribution in [0.3, 0.4) is 0 Å². The van der Waals surface area contributed by atoms with Crippen molar-refractivity contribution in [3.8, 4) is 0 Å². The van der Waals surface area contributed by atoms with Crippen LogP contribution < -0.4 is 5.32 Å². The minimum Gasteiger partial charge on any atom is -0.378 e. The van der Waals surface area contributed by atoms with E-state index in [0.29, 0.717) is 12.1 Å². The molecule has 1 saturated carbocycles. The van der Waals surface area contributed by atoms with Crippen molar-refractivity contribution in [3.63, 3.8) is 0 Å². The molecule has 0 bridgehead atoms. The number of hydrogen-bond donors (Lipinski definition) is 1. The predicted molar refractivity (Wildman–Crippen MR) is 63.0 cm³/mol. The summed E-state index contributed by atoms with van der Waals surface area (Å²) in [5.41, 5.74) is 0. The van der Waals surface area contributed by atoms with Crippen LogP contribution in [0.4, 0.5) is 0 Å². The van der Waals surface area contributed by atoms with Gasteiger partial charge in [-0.3, -0.25) is 0 Å². The smallest absolute Gasteiger partial charge is 0.0590 e. The molecule has 0 aromatic rings. The normalized spacial score (nSPS) is 29.8. The molecular formula is C13H25NO. The van der Waals surface area contributed by atoms with Crippen LogP contribution in [0.2, 0.25) is 0 Å². The summed E-state index contributed by atoms with van der Waals surface area (Å²) in [6.45, 7) is 4.52. The second-order valence-corrected chi connectivity index (χ2v) is 5.33. The zero-order valence-corrected chi connectivity index (χ0v) is 10.0. The summed E-state index contributed by atoms with van der Waals surface area (Å²) in [5, 5.41) is 3.67. The van der Waals surface area contributed by atoms with Crippen molar-refractivity contribution in [3.05, 3.63) is 0 Å². The molecule has 2 heteroatoms. The largest absolute Gasteiger partial charge is 0.378 e. The molecule has 1 aliphatic carbocycles. The number of hydrogen-bond acceptors (Lipinski definition) is 2. The van der Waals surface area contributed by atoms with Crippen molar-refractivity contribution in [1.29, 1.82) is 0 Å². The molecule has 2 atom stereocenters. The monoisotopic (exact) mass is 211 g/mol. The van der Waals surface area contributed by atoms with Gasteiger partial charge in [0.1, 0.15) is 0 Å². The molecule has 2 unspecified atom stereocenters. The highest BCUT2D eigenvalue weighted by molar-refractivity contribution is 4.75. The van der Waals surface area contributed by atoms with Gasteiger partial charge in [-0.1, -0.05) is 12.8 Å². The van der Waals surface area contributed by atoms with Crippen molar-refractivity contribution >= 4 is 0 Å². The Balaban J connectivity index is 1.57. The molecule has 88 valence electrons. The van der Waals surface area contributed by atoms with E-state index in [9.17, 15) is 0 Å². The summed E-state index contributed by atoms with van der Waals surface area (Å²) >= 11 is 0. The van der Waals surface area contributed by atoms with E-state index in [1.165, 1.54) is 51.5 Å². The summed E-state index contributed by atoms with van der Waals surface area (Å²) in [6, 6.07) is 0.633. The number of nitrogens with one attached hydrogen (secondary N) is 1. The second-order valence-electron chi connectivity index (χ2n) is 5.33. The molecule has 0 aromatic heterocycles. The molecule has 2 rings (SSSR count). The van der Waals surface area contributed by atoms with Gasteiger partial charge in [0.25, 0.3) is 0 Å². The summed E-state index contributed by atoms with van der Waals surface area (Å²) in [6.07, 6.45) is 10.1. The van der Waals surface area contributed by atoms with E-state index < -0.39 is 0 Å². The first kappa shape index (κ1) is 11.4. The maximum Gasteiger partial charge on any atom is 0.0590 e. The lowest BCUT2D eigenvalue weighted by Crippen LogP contribution is -2.33. The molecule has 15 heavy (non-hydrogen) atoms. The fourth-order valence-corrected chi connectivity index (χ4v) is 2.89. The Bertz CT molecular complexity index is 171. The fraction of sp³-hybridized carbons (Fsp3) is 1.00. The van der Waals surface area contributed by atoms with Crippen LogP contribution in [0.25, 0.3) is 0 Å². The van der Waals surface area contributed by atoms with Gasteiger partial charge in [0.05, 0.1) is 6.10 Å². The minimum atomic E-state index is 0.538. The Morgan fingerprint density at radius 2 is 2.00 bits per heavy atom. The standard InChI is InChI=1S/C13H25NO/c1-11(9-13-7-4-8-15-13)14-10-12-5-2-3-6-12/h11-14H,2-10H2,1H3. The van der Waals surface area contributed by atoms with Crippen molar-refractivity contribution in [2.24, 2.45) is 5.92 Å². The lowest BCUT2D eigenvalue weighted by molar-refractivity contribution is 0.0959. The van der Waals surface area contributed by atoms with E-state index >= 15 is 0 Å². The number of rotatable bonds is 5. The van der Waals surface area contributed by atoms with Gasteiger partial charge < -0.3 is 10.1 Å². The Hall–Kier alpha value is -0.0800. The van der Waals surface area contributed by atoms with Gasteiger partial charge in [0.15, 0.2) is 0 Å². The van der Waals surface area contributed by atoms with Crippen molar-refractivity contribution in [1.82, 2.24) is 5.32 Å². The van der Waals surface area contributed by atoms with Gasteiger partial charge in [0.2, 0.25) is 0 Å². The van der Waals surface area contributed by atoms with Gasteiger partial charge in [0, 0.05) is 12.6 Å². The number of ether oxygens (including phenoxy) is 1. The fourth-order valence-electron chi connectivity index (χ4n) is 2.89. The van der Waals surface area contributed by atoms with Crippen molar-refractivity contribution in [2.45, 2.75) is 64.0 Å². The highest BCUT2D eigenvalue weighted by Gasteiger charge is 2.20. The summed E-state index contributed by atoms with van der Waals surface area (Å²) < 4.78 is 5.66. The van der Waals surface area contributed by atoms with Crippen LogP contribution in [0.1, 0.15) is 51.9 Å². The molecule has 0 amide bonds. The van der Waals surface area contributed by atoms with E-state index in [4.69, 9.17) is 4.74 Å². The summed E-state index contributed by atoms with van der Waals surface area (Å²) in [4.78, 5) is 0. The highest BCUT2D eigenvalue weighted by atomic mass is 16.5. The molecule has 0 spiro atoms. The Morgan fingerprint density at radius 1 is 1.20 bits per heavy atom. The molecule has 2 fully saturated rings. The lowest BCUT2D eigenvalue weighted by Gasteiger charge is -2.19. The average Bonchev–Trinajstić information content (AvgIpc) is 2.86. The second kappa shape index (κ2) is 5.86. The zero-order valence-electron chi connectivity index (χ0n) is 10.0. The first-order chi connectivity index (χ1) is 7.34. The van der Waals surface area contributed by atoms with E-state index in [2.05, 4.69) is 12.2 Å². The van der Waals surface area contributed by atoms with Crippen LogP contribution in [-0.4, -0.2) is 25.3 Å². The maximum absolute atomic E-state index is 5.66. The van der Waals surface area contributed by atoms with Gasteiger partial charge in [-0.25, -0.2) is 0 Å². The van der Waals surface area contributed by atoms with E-state index in [-0.39, 0.29) is 0 Å². The lowest BCUT2D eigenvalue weighted by atomic mass is 10.1. The van der Waals surface area contributed by atoms with Gasteiger partial charge in [-0.05, 0) is 51.5 Å². The van der Waals surface area contributed by atoms with Gasteiger partial charge in [-0.15, -0.1) is 0 Å². The van der Waals surface area contributed by atoms with E-state index in [1.54, 1.807) is 0 Å². The Morgan fingerprint density at radius 3 is 2.67 bits per heavy atom. The van der Waals surface area contributed by atoms with Crippen LogP contribution >= 0.6 is 0 Å². The SMILES string of the molecule is CC(CC1CCCO1)NCC1CCCC1. The topological polar surface area (TPSA) is 21.3 Å². The third-order valence-corrected chi connectivity index (χ3v) is 3.87. The maximum atomic E-state index is 5.66. The van der Waals surface area contributed by atoms with Gasteiger partial charge >= 0.3 is 0 Å². The van der Waals surface area contributed by atoms with Crippen LogP contribution in [-0.2, 0) is 4.74 Å². The predicted octanol–water partition coefficient (Wildman–Crippen LogP) is 2.72. The van der Waals surface area contributed by atoms with Crippen LogP contribution in [0.5, 0.6) is 0 Å². The average molecular weight is 211 g/mol. The molecule has 0 aromatic carbocycles. The molecule has 1 aliphatic heterocycles. The quantitative estimate of drug-likeness (QED) is 0.755. The molecular weight excluding hydrogens is 186 g/mol. The molecule has 2 nitrogen and oxygen atoms in total. The zero-order chi connectivity index (χ0) is 10.5. The first-order valence-corrected chi connectivity index (χ1v) is 6.69. The molecule has 2 aliphatic rings. The highest BCUT2D eigenvalue weighted by Crippen LogP contribution is 2.24. The third kappa shape index (κ3) is 3.76. The summed E-state index contributed by atoms with van der Waals surface area (Å²) in [7, 11) is 0. The van der Waals surface area contributed by atoms with E-state index in [0.717, 1.165) is 12.5 Å². The summed E-state index contributed by atoms with van der Waals surface area (Å²) in [5.74, 6) is 0.956. The van der Waals surface area contributed by atoms with Gasteiger partial charge in [-0.2, -0.15) is 0 Å². The minimum absolute atomic E-state index is 0.538. The van der Waals surface area contributed by atoms with E-state index in [1.807, 2.05) is 0 Å². The van der Waals surface area contributed by atoms with Crippen LogP contribution in [0.15, 0.2) is 0 Å². The third-order valence-electron chi connectivity index (χ3n) is 3.87. The molecule has 1 N–H and O–H groups in total. The van der Waals surface area contributed by atoms with Crippen molar-refractivity contribution in [2.75, 3.05) is 13.2 Å². The van der Waals surface area contributed by atoms with Crippen LogP contribution in [0, 0.1) is 5.92 Å². The molecule has 1 saturated heterocycles. The molecule has 1 heterocycles. The van der Waals surface area contributed by atoms with Crippen molar-refractivity contribution < 1.29 is 4.74 Å². The molecule has 0 radical (unpaired) electrons. The Labute approximate surface area is 93.8 Å².